The molecule has 0 bridgehead atoms. The third kappa shape index (κ3) is 4.90. The molecule has 0 aliphatic carbocycles. The van der Waals surface area contributed by atoms with Crippen molar-refractivity contribution in [3.8, 4) is 0 Å². The number of rotatable bonds is 9. The Kier molecular flexibility index (Phi) is 7.03. The Morgan fingerprint density at radius 2 is 2.00 bits per heavy atom. The molecule has 0 fully saturated rings. The number of carbonyl (C=O) groups excluding carboxylic acids is 1. The fraction of sp³-hybridized carbons (Fsp3) is 0.381. The van der Waals surface area contributed by atoms with Gasteiger partial charge in [0.25, 0.3) is 0 Å². The van der Waals surface area contributed by atoms with Crippen LogP contribution in [-0.2, 0) is 17.1 Å². The maximum Gasteiger partial charge on any atom is 0.242 e. The lowest BCUT2D eigenvalue weighted by atomic mass is 10.2. The van der Waals surface area contributed by atoms with Crippen molar-refractivity contribution in [2.45, 2.75) is 44.1 Å². The summed E-state index contributed by atoms with van der Waals surface area (Å²) in [6.07, 6.45) is 5.30. The van der Waals surface area contributed by atoms with Gasteiger partial charge in [-0.25, -0.2) is 9.37 Å². The van der Waals surface area contributed by atoms with Crippen LogP contribution >= 0.6 is 11.8 Å². The Labute approximate surface area is 169 Å². The average Bonchev–Trinajstić information content (AvgIpc) is 3.04. The van der Waals surface area contributed by atoms with E-state index in [4.69, 9.17) is 0 Å². The summed E-state index contributed by atoms with van der Waals surface area (Å²) in [6, 6.07) is 8.40. The minimum Gasteiger partial charge on any atom is -0.341 e. The average molecular weight is 401 g/mol. The van der Waals surface area contributed by atoms with Gasteiger partial charge in [-0.3, -0.25) is 9.78 Å². The molecule has 0 aliphatic heterocycles. The molecule has 0 radical (unpaired) electrons. The number of pyridine rings is 1. The van der Waals surface area contributed by atoms with Gasteiger partial charge in [-0.2, -0.15) is 0 Å². The summed E-state index contributed by atoms with van der Waals surface area (Å²) in [6.45, 7) is 5.89. The quantitative estimate of drug-likeness (QED) is 0.496. The summed E-state index contributed by atoms with van der Waals surface area (Å²) in [5.74, 6) is 0.413. The van der Waals surface area contributed by atoms with Crippen LogP contribution in [0, 0.1) is 5.82 Å². The van der Waals surface area contributed by atoms with Crippen molar-refractivity contribution in [3.05, 3.63) is 54.1 Å². The highest BCUT2D eigenvalue weighted by Gasteiger charge is 2.18. The molecule has 0 aliphatic rings. The van der Waals surface area contributed by atoms with Gasteiger partial charge >= 0.3 is 0 Å². The number of nitrogens with zero attached hydrogens (tertiary/aromatic N) is 4. The van der Waals surface area contributed by atoms with Crippen LogP contribution in [-0.4, -0.2) is 38.4 Å². The summed E-state index contributed by atoms with van der Waals surface area (Å²) < 4.78 is 15.4. The Balaban J connectivity index is 1.85. The molecular formula is C21H25FN4OS. The molecular weight excluding hydrogens is 375 g/mol. The zero-order chi connectivity index (χ0) is 19.9. The number of aromatic nitrogens is 3. The molecule has 3 rings (SSSR count). The maximum absolute atomic E-state index is 13.5. The van der Waals surface area contributed by atoms with Crippen LogP contribution in [0.4, 0.5) is 4.39 Å². The van der Waals surface area contributed by atoms with Gasteiger partial charge in [0.2, 0.25) is 5.91 Å². The summed E-state index contributed by atoms with van der Waals surface area (Å²) in [4.78, 5) is 23.7. The van der Waals surface area contributed by atoms with E-state index in [9.17, 15) is 9.18 Å². The number of thioether (sulfide) groups is 1. The molecule has 0 saturated heterocycles. The van der Waals surface area contributed by atoms with Gasteiger partial charge in [-0.05, 0) is 36.6 Å². The van der Waals surface area contributed by atoms with E-state index in [0.717, 1.165) is 47.7 Å². The Morgan fingerprint density at radius 1 is 1.21 bits per heavy atom. The number of hydrogen-bond acceptors (Lipinski definition) is 4. The maximum atomic E-state index is 13.5. The molecule has 2 aromatic heterocycles. The topological polar surface area (TPSA) is 51.0 Å². The van der Waals surface area contributed by atoms with Gasteiger partial charge in [0, 0.05) is 25.0 Å². The molecule has 5 nitrogen and oxygen atoms in total. The Bertz CT molecular complexity index is 937. The standard InChI is InChI=1S/C21H25FN4OS/c1-3-10-25(11-4-2)20(27)14-26-19-13-23-9-8-18(19)24-21(26)28-15-16-6-5-7-17(22)12-16/h5-9,12-13H,3-4,10-11,14-15H2,1-2H3. The monoisotopic (exact) mass is 400 g/mol. The molecule has 0 N–H and O–H groups in total. The Morgan fingerprint density at radius 3 is 2.71 bits per heavy atom. The van der Waals surface area contributed by atoms with Gasteiger partial charge in [0.05, 0.1) is 17.2 Å². The molecule has 1 amide bonds. The van der Waals surface area contributed by atoms with Crippen LogP contribution < -0.4 is 0 Å². The van der Waals surface area contributed by atoms with Crippen LogP contribution in [0.5, 0.6) is 0 Å². The Hall–Kier alpha value is -2.41. The highest BCUT2D eigenvalue weighted by molar-refractivity contribution is 7.98. The molecule has 0 spiro atoms. The SMILES string of the molecule is CCCN(CCC)C(=O)Cn1c(SCc2cccc(F)c2)nc2ccncc21. The summed E-state index contributed by atoms with van der Waals surface area (Å²) >= 11 is 1.50. The van der Waals surface area contributed by atoms with E-state index in [1.54, 1.807) is 18.5 Å². The predicted octanol–water partition coefficient (Wildman–Crippen LogP) is 4.51. The van der Waals surface area contributed by atoms with E-state index < -0.39 is 0 Å². The van der Waals surface area contributed by atoms with Crippen LogP contribution in [0.3, 0.4) is 0 Å². The van der Waals surface area contributed by atoms with Crippen molar-refractivity contribution < 1.29 is 9.18 Å². The van der Waals surface area contributed by atoms with Gasteiger partial charge in [0.15, 0.2) is 5.16 Å². The summed E-state index contributed by atoms with van der Waals surface area (Å²) in [5, 5.41) is 0.744. The molecule has 0 unspecified atom stereocenters. The molecule has 1 aromatic carbocycles. The highest BCUT2D eigenvalue weighted by atomic mass is 32.2. The number of fused-ring (bicyclic) bond motifs is 1. The number of carbonyl (C=O) groups is 1. The molecule has 0 saturated carbocycles. The first-order chi connectivity index (χ1) is 13.6. The van der Waals surface area contributed by atoms with Crippen molar-refractivity contribution in [2.75, 3.05) is 13.1 Å². The number of halogens is 1. The van der Waals surface area contributed by atoms with E-state index in [0.29, 0.717) is 5.75 Å². The number of benzene rings is 1. The molecule has 0 atom stereocenters. The second kappa shape index (κ2) is 9.68. The van der Waals surface area contributed by atoms with E-state index in [1.165, 1.54) is 23.9 Å². The zero-order valence-electron chi connectivity index (χ0n) is 16.3. The van der Waals surface area contributed by atoms with E-state index in [1.807, 2.05) is 21.6 Å². The van der Waals surface area contributed by atoms with Crippen LogP contribution in [0.15, 0.2) is 47.9 Å². The van der Waals surface area contributed by atoms with Crippen molar-refractivity contribution in [2.24, 2.45) is 0 Å². The van der Waals surface area contributed by atoms with Gasteiger partial charge in [0.1, 0.15) is 12.4 Å². The number of hydrogen-bond donors (Lipinski definition) is 0. The minimum atomic E-state index is -0.249. The lowest BCUT2D eigenvalue weighted by Crippen LogP contribution is -2.35. The predicted molar refractivity (Wildman–Crippen MR) is 111 cm³/mol. The van der Waals surface area contributed by atoms with E-state index in [-0.39, 0.29) is 18.3 Å². The van der Waals surface area contributed by atoms with Crippen molar-refractivity contribution in [1.29, 1.82) is 0 Å². The smallest absolute Gasteiger partial charge is 0.242 e. The molecule has 2 heterocycles. The largest absolute Gasteiger partial charge is 0.341 e. The molecule has 28 heavy (non-hydrogen) atoms. The van der Waals surface area contributed by atoms with E-state index in [2.05, 4.69) is 23.8 Å². The third-order valence-corrected chi connectivity index (χ3v) is 5.45. The number of imidazole rings is 1. The number of amides is 1. The third-order valence-electron chi connectivity index (χ3n) is 4.41. The molecule has 148 valence electrons. The fourth-order valence-corrected chi connectivity index (χ4v) is 4.08. The van der Waals surface area contributed by atoms with Crippen LogP contribution in [0.1, 0.15) is 32.3 Å². The first-order valence-corrected chi connectivity index (χ1v) is 10.6. The van der Waals surface area contributed by atoms with Crippen molar-refractivity contribution in [3.63, 3.8) is 0 Å². The zero-order valence-corrected chi connectivity index (χ0v) is 17.1. The first kappa shape index (κ1) is 20.3. The molecule has 7 heteroatoms. The summed E-state index contributed by atoms with van der Waals surface area (Å²) in [5.41, 5.74) is 2.53. The first-order valence-electron chi connectivity index (χ1n) is 9.57. The second-order valence-corrected chi connectivity index (χ2v) is 7.59. The van der Waals surface area contributed by atoms with Gasteiger partial charge in [-0.15, -0.1) is 0 Å². The summed E-state index contributed by atoms with van der Waals surface area (Å²) in [7, 11) is 0. The minimum absolute atomic E-state index is 0.0828. The van der Waals surface area contributed by atoms with E-state index >= 15 is 0 Å². The normalized spacial score (nSPS) is 11.1. The van der Waals surface area contributed by atoms with Gasteiger partial charge < -0.3 is 9.47 Å². The van der Waals surface area contributed by atoms with Gasteiger partial charge in [-0.1, -0.05) is 37.7 Å². The highest BCUT2D eigenvalue weighted by Crippen LogP contribution is 2.27. The van der Waals surface area contributed by atoms with Crippen LogP contribution in [0.25, 0.3) is 11.0 Å². The van der Waals surface area contributed by atoms with Crippen molar-refractivity contribution in [1.82, 2.24) is 19.4 Å². The lowest BCUT2D eigenvalue weighted by Gasteiger charge is -2.22. The lowest BCUT2D eigenvalue weighted by molar-refractivity contribution is -0.132. The van der Waals surface area contributed by atoms with Crippen LogP contribution in [0.2, 0.25) is 0 Å². The molecule has 3 aromatic rings. The second-order valence-electron chi connectivity index (χ2n) is 6.64. The van der Waals surface area contributed by atoms with Crippen molar-refractivity contribution >= 4 is 28.7 Å². The fourth-order valence-electron chi connectivity index (χ4n) is 3.12.